The van der Waals surface area contributed by atoms with Crippen LogP contribution in [0.4, 0.5) is 10.1 Å². The number of aryl methyl sites for hydroxylation is 1. The summed E-state index contributed by atoms with van der Waals surface area (Å²) in [5.41, 5.74) is 6.21. The van der Waals surface area contributed by atoms with Crippen molar-refractivity contribution in [1.29, 1.82) is 0 Å². The van der Waals surface area contributed by atoms with Gasteiger partial charge in [-0.3, -0.25) is 15.4 Å². The van der Waals surface area contributed by atoms with E-state index in [2.05, 4.69) is 34.7 Å². The van der Waals surface area contributed by atoms with Crippen LogP contribution in [0.5, 0.6) is 0 Å². The number of pyridine rings is 1. The van der Waals surface area contributed by atoms with Crippen LogP contribution in [-0.4, -0.2) is 24.1 Å². The SMILES string of the molecule is CC(C)CCc1ccc(-c2ccc(-c3cnc(-c4cc5sc(-c6ccc(N(O)O)cc6)cc5s4)c4nsnc34)s2)c(F)c1. The molecule has 5 heterocycles. The maximum atomic E-state index is 15.1. The summed E-state index contributed by atoms with van der Waals surface area (Å²) in [4.78, 5) is 8.82. The van der Waals surface area contributed by atoms with Gasteiger partial charge in [-0.05, 0) is 72.4 Å². The molecule has 0 spiro atoms. The maximum Gasteiger partial charge on any atom is 0.132 e. The van der Waals surface area contributed by atoms with Gasteiger partial charge in [-0.15, -0.1) is 39.2 Å². The van der Waals surface area contributed by atoms with Crippen molar-refractivity contribution in [2.45, 2.75) is 26.7 Å². The van der Waals surface area contributed by atoms with Crippen LogP contribution < -0.4 is 5.23 Å². The van der Waals surface area contributed by atoms with Gasteiger partial charge in [0.15, 0.2) is 0 Å². The number of aromatic nitrogens is 3. The number of benzene rings is 2. The third kappa shape index (κ3) is 5.48. The van der Waals surface area contributed by atoms with Gasteiger partial charge in [0, 0.05) is 41.4 Å². The van der Waals surface area contributed by atoms with Gasteiger partial charge in [0.1, 0.15) is 22.5 Å². The topological polar surface area (TPSA) is 82.4 Å². The molecule has 0 fully saturated rings. The van der Waals surface area contributed by atoms with Gasteiger partial charge in [0.25, 0.3) is 0 Å². The Balaban J connectivity index is 1.17. The fourth-order valence-corrected chi connectivity index (χ4v) is 8.99. The molecule has 0 atom stereocenters. The number of halogens is 1. The van der Waals surface area contributed by atoms with Crippen LogP contribution in [0.2, 0.25) is 0 Å². The Hall–Kier alpha value is -3.58. The summed E-state index contributed by atoms with van der Waals surface area (Å²) in [6.07, 6.45) is 3.77. The molecule has 0 saturated heterocycles. The third-order valence-electron chi connectivity index (χ3n) is 7.29. The van der Waals surface area contributed by atoms with Crippen LogP contribution in [0.15, 0.2) is 72.9 Å². The van der Waals surface area contributed by atoms with E-state index in [0.29, 0.717) is 17.2 Å². The molecule has 0 aliphatic heterocycles. The summed E-state index contributed by atoms with van der Waals surface area (Å²) >= 11 is 6.04. The zero-order valence-electron chi connectivity index (χ0n) is 23.1. The van der Waals surface area contributed by atoms with E-state index in [1.807, 2.05) is 42.6 Å². The quantitative estimate of drug-likeness (QED) is 0.160. The molecular weight excluding hydrogens is 620 g/mol. The van der Waals surface area contributed by atoms with Gasteiger partial charge in [0.2, 0.25) is 0 Å². The molecule has 2 aromatic carbocycles. The fraction of sp³-hybridized carbons (Fsp3) is 0.156. The van der Waals surface area contributed by atoms with E-state index in [4.69, 9.17) is 4.98 Å². The van der Waals surface area contributed by atoms with E-state index in [1.54, 1.807) is 40.9 Å². The molecule has 0 bridgehead atoms. The minimum absolute atomic E-state index is 0.111. The minimum Gasteiger partial charge on any atom is -0.264 e. The van der Waals surface area contributed by atoms with Crippen LogP contribution in [-0.2, 0) is 6.42 Å². The molecule has 6 nitrogen and oxygen atoms in total. The Morgan fingerprint density at radius 2 is 1.47 bits per heavy atom. The van der Waals surface area contributed by atoms with Crippen molar-refractivity contribution in [3.8, 4) is 41.9 Å². The number of rotatable bonds is 8. The molecule has 11 heteroatoms. The summed E-state index contributed by atoms with van der Waals surface area (Å²) in [6, 6.07) is 20.9. The van der Waals surface area contributed by atoms with Crippen LogP contribution in [0.3, 0.4) is 0 Å². The third-order valence-corrected chi connectivity index (χ3v) is 11.3. The summed E-state index contributed by atoms with van der Waals surface area (Å²) in [5, 5.41) is 18.5. The first-order valence-corrected chi connectivity index (χ1v) is 16.8. The molecule has 0 saturated carbocycles. The van der Waals surface area contributed by atoms with E-state index in [9.17, 15) is 10.4 Å². The highest BCUT2D eigenvalue weighted by atomic mass is 32.1. The monoisotopic (exact) mass is 644 g/mol. The Labute approximate surface area is 263 Å². The van der Waals surface area contributed by atoms with Crippen molar-refractivity contribution in [1.82, 2.24) is 13.7 Å². The van der Waals surface area contributed by atoms with E-state index in [-0.39, 0.29) is 11.0 Å². The normalized spacial score (nSPS) is 11.8. The Morgan fingerprint density at radius 1 is 0.767 bits per heavy atom. The molecule has 216 valence electrons. The lowest BCUT2D eigenvalue weighted by atomic mass is 10.0. The zero-order valence-corrected chi connectivity index (χ0v) is 26.4. The zero-order chi connectivity index (χ0) is 29.7. The van der Waals surface area contributed by atoms with Crippen LogP contribution in [0, 0.1) is 11.7 Å². The molecule has 0 aliphatic carbocycles. The second-order valence-electron chi connectivity index (χ2n) is 10.7. The van der Waals surface area contributed by atoms with Crippen molar-refractivity contribution >= 4 is 71.9 Å². The molecule has 7 rings (SSSR count). The number of fused-ring (bicyclic) bond motifs is 2. The van der Waals surface area contributed by atoms with Gasteiger partial charge in [-0.1, -0.05) is 38.1 Å². The number of nitrogens with zero attached hydrogens (tertiary/aromatic N) is 4. The highest BCUT2D eigenvalue weighted by Gasteiger charge is 2.19. The Kier molecular flexibility index (Phi) is 7.54. The number of hydrogen-bond donors (Lipinski definition) is 2. The molecule has 0 unspecified atom stereocenters. The molecule has 0 amide bonds. The first-order chi connectivity index (χ1) is 20.8. The van der Waals surface area contributed by atoms with Gasteiger partial charge in [-0.25, -0.2) is 4.39 Å². The summed E-state index contributed by atoms with van der Waals surface area (Å²) in [5.74, 6) is 0.394. The predicted octanol–water partition coefficient (Wildman–Crippen LogP) is 10.4. The van der Waals surface area contributed by atoms with E-state index in [0.717, 1.165) is 75.2 Å². The molecule has 0 radical (unpaired) electrons. The molecule has 43 heavy (non-hydrogen) atoms. The van der Waals surface area contributed by atoms with E-state index < -0.39 is 0 Å². The van der Waals surface area contributed by atoms with Crippen molar-refractivity contribution in [2.75, 3.05) is 5.23 Å². The number of hydrogen-bond acceptors (Lipinski definition) is 10. The lowest BCUT2D eigenvalue weighted by molar-refractivity contribution is 0.0291. The smallest absolute Gasteiger partial charge is 0.132 e. The first-order valence-electron chi connectivity index (χ1n) is 13.7. The largest absolute Gasteiger partial charge is 0.264 e. The second-order valence-corrected chi connectivity index (χ2v) is 14.5. The van der Waals surface area contributed by atoms with Gasteiger partial charge < -0.3 is 0 Å². The van der Waals surface area contributed by atoms with Gasteiger partial charge in [-0.2, -0.15) is 8.75 Å². The van der Waals surface area contributed by atoms with Gasteiger partial charge >= 0.3 is 0 Å². The van der Waals surface area contributed by atoms with E-state index >= 15 is 4.39 Å². The van der Waals surface area contributed by atoms with E-state index in [1.165, 1.54) is 23.1 Å². The molecule has 5 aromatic heterocycles. The number of thiophene rings is 3. The maximum absolute atomic E-state index is 15.1. The lowest BCUT2D eigenvalue weighted by Crippen LogP contribution is -2.10. The summed E-state index contributed by atoms with van der Waals surface area (Å²) in [6.45, 7) is 4.36. The predicted molar refractivity (Wildman–Crippen MR) is 177 cm³/mol. The molecule has 2 N–H and O–H groups in total. The molecule has 7 aromatic rings. The van der Waals surface area contributed by atoms with Crippen molar-refractivity contribution in [2.24, 2.45) is 5.92 Å². The number of anilines is 1. The van der Waals surface area contributed by atoms with Crippen LogP contribution >= 0.6 is 45.7 Å². The first kappa shape index (κ1) is 28.2. The summed E-state index contributed by atoms with van der Waals surface area (Å²) < 4.78 is 26.6. The van der Waals surface area contributed by atoms with Gasteiger partial charge in [0.05, 0.1) is 22.3 Å². The van der Waals surface area contributed by atoms with Crippen molar-refractivity contribution in [3.05, 3.63) is 84.3 Å². The minimum atomic E-state index is -0.191. The van der Waals surface area contributed by atoms with Crippen LogP contribution in [0.25, 0.3) is 62.3 Å². The van der Waals surface area contributed by atoms with Crippen molar-refractivity contribution < 1.29 is 14.8 Å². The van der Waals surface area contributed by atoms with Crippen LogP contribution in [0.1, 0.15) is 25.8 Å². The molecule has 0 aliphatic rings. The summed E-state index contributed by atoms with van der Waals surface area (Å²) in [7, 11) is 0. The lowest BCUT2D eigenvalue weighted by Gasteiger charge is -2.07. The fourth-order valence-electron chi connectivity index (χ4n) is 4.98. The Bertz CT molecular complexity index is 2040. The average Bonchev–Trinajstić information content (AvgIpc) is 3.80. The highest BCUT2D eigenvalue weighted by molar-refractivity contribution is 7.31. The Morgan fingerprint density at radius 3 is 2.19 bits per heavy atom. The average molecular weight is 645 g/mol. The second kappa shape index (κ2) is 11.5. The molecular formula is C32H25FN4O2S4. The van der Waals surface area contributed by atoms with Crippen molar-refractivity contribution in [3.63, 3.8) is 0 Å². The highest BCUT2D eigenvalue weighted by Crippen LogP contribution is 2.44. The standard InChI is InChI=1S/C32H25FN4O2S4/c1-17(2)3-4-18-5-10-21(23(33)13-18)24-11-12-25(40-24)22-16-34-31(32-30(22)35-43-36-32)29-15-28-27(42-29)14-26(41-28)19-6-8-20(9-7-19)37(38)39/h5-17,38-39H,3-4H2,1-2H3.